The maximum atomic E-state index is 12.4. The Balaban J connectivity index is 3.39. The van der Waals surface area contributed by atoms with Crippen LogP contribution in [-0.2, 0) is 11.0 Å². The fourth-order valence-electron chi connectivity index (χ4n) is 1.30. The first kappa shape index (κ1) is 14.7. The number of nitrogens with zero attached hydrogens (tertiary/aromatic N) is 1. The normalized spacial score (nSPS) is 12.3. The molecule has 0 aliphatic carbocycles. The van der Waals surface area contributed by atoms with Crippen LogP contribution in [0.2, 0.25) is 0 Å². The van der Waals surface area contributed by atoms with Gasteiger partial charge in [-0.15, -0.1) is 0 Å². The third-order valence-corrected chi connectivity index (χ3v) is 2.26. The second-order valence-electron chi connectivity index (χ2n) is 3.66. The molecule has 0 aromatic heterocycles. The molecule has 0 amide bonds. The van der Waals surface area contributed by atoms with Gasteiger partial charge in [0.05, 0.1) is 16.1 Å². The molecule has 0 atom stereocenters. The quantitative estimate of drug-likeness (QED) is 0.522. The van der Waals surface area contributed by atoms with Crippen molar-refractivity contribution >= 4 is 17.7 Å². The molecule has 0 saturated carbocycles. The number of halogens is 3. The molecular formula is C11H8F3NO4. The van der Waals surface area contributed by atoms with Crippen molar-refractivity contribution in [3.05, 3.63) is 45.0 Å². The van der Waals surface area contributed by atoms with Crippen LogP contribution in [0.3, 0.4) is 0 Å². The Kier molecular flexibility index (Phi) is 3.93. The van der Waals surface area contributed by atoms with Crippen molar-refractivity contribution in [2.24, 2.45) is 0 Å². The summed E-state index contributed by atoms with van der Waals surface area (Å²) in [6.45, 7) is 1.18. The van der Waals surface area contributed by atoms with Crippen molar-refractivity contribution in [3.63, 3.8) is 0 Å². The Hall–Kier alpha value is -2.38. The fraction of sp³-hybridized carbons (Fsp3) is 0.182. The number of nitro groups is 1. The highest BCUT2D eigenvalue weighted by molar-refractivity contribution is 5.92. The Morgan fingerprint density at radius 1 is 1.42 bits per heavy atom. The van der Waals surface area contributed by atoms with Gasteiger partial charge in [-0.25, -0.2) is 4.79 Å². The number of hydrogen-bond donors (Lipinski definition) is 1. The van der Waals surface area contributed by atoms with Crippen molar-refractivity contribution in [1.82, 2.24) is 0 Å². The minimum Gasteiger partial charge on any atom is -0.478 e. The summed E-state index contributed by atoms with van der Waals surface area (Å²) in [6, 6.07) is 1.91. The molecule has 0 aliphatic heterocycles. The third-order valence-electron chi connectivity index (χ3n) is 2.26. The van der Waals surface area contributed by atoms with Crippen LogP contribution in [0, 0.1) is 10.1 Å². The van der Waals surface area contributed by atoms with Crippen molar-refractivity contribution in [1.29, 1.82) is 0 Å². The molecule has 0 fully saturated rings. The van der Waals surface area contributed by atoms with E-state index < -0.39 is 28.3 Å². The summed E-state index contributed by atoms with van der Waals surface area (Å²) in [6.07, 6.45) is -3.75. The smallest absolute Gasteiger partial charge is 0.416 e. The third kappa shape index (κ3) is 3.54. The number of benzene rings is 1. The molecule has 19 heavy (non-hydrogen) atoms. The summed E-state index contributed by atoms with van der Waals surface area (Å²) >= 11 is 0. The number of carbonyl (C=O) groups is 1. The molecule has 1 rings (SSSR count). The second kappa shape index (κ2) is 5.09. The molecule has 0 saturated heterocycles. The van der Waals surface area contributed by atoms with E-state index in [0.717, 1.165) is 12.1 Å². The molecule has 0 bridgehead atoms. The molecule has 0 aliphatic rings. The van der Waals surface area contributed by atoms with Crippen LogP contribution in [0.25, 0.3) is 6.08 Å². The van der Waals surface area contributed by atoms with E-state index in [-0.39, 0.29) is 11.1 Å². The lowest BCUT2D eigenvalue weighted by atomic mass is 10.1. The van der Waals surface area contributed by atoms with Crippen molar-refractivity contribution in [2.75, 3.05) is 0 Å². The van der Waals surface area contributed by atoms with Gasteiger partial charge in [0.1, 0.15) is 0 Å². The molecule has 0 unspecified atom stereocenters. The number of alkyl halides is 3. The SMILES string of the molecule is CC(=Cc1ccc(C(F)(F)F)cc1[N+](=O)[O-])C(=O)O. The molecule has 0 spiro atoms. The van der Waals surface area contributed by atoms with E-state index in [9.17, 15) is 28.1 Å². The van der Waals surface area contributed by atoms with E-state index in [1.54, 1.807) is 0 Å². The topological polar surface area (TPSA) is 80.4 Å². The van der Waals surface area contributed by atoms with Crippen molar-refractivity contribution in [2.45, 2.75) is 13.1 Å². The maximum absolute atomic E-state index is 12.4. The molecule has 1 aromatic rings. The molecule has 0 heterocycles. The standard InChI is InChI=1S/C11H8F3NO4/c1-6(10(16)17)4-7-2-3-8(11(12,13)14)5-9(7)15(18)19/h2-5H,1H3,(H,16,17). The first-order chi connectivity index (χ1) is 8.62. The van der Waals surface area contributed by atoms with Crippen LogP contribution in [-0.4, -0.2) is 16.0 Å². The van der Waals surface area contributed by atoms with E-state index in [0.29, 0.717) is 12.1 Å². The summed E-state index contributed by atoms with van der Waals surface area (Å²) in [5, 5.41) is 19.4. The predicted molar refractivity (Wildman–Crippen MR) is 59.4 cm³/mol. The molecular weight excluding hydrogens is 267 g/mol. The van der Waals surface area contributed by atoms with E-state index in [1.165, 1.54) is 6.92 Å². The van der Waals surface area contributed by atoms with Gasteiger partial charge < -0.3 is 5.11 Å². The van der Waals surface area contributed by atoms with Gasteiger partial charge in [-0.3, -0.25) is 10.1 Å². The molecule has 5 nitrogen and oxygen atoms in total. The zero-order chi connectivity index (χ0) is 14.8. The Morgan fingerprint density at radius 3 is 2.42 bits per heavy atom. The van der Waals surface area contributed by atoms with E-state index in [4.69, 9.17) is 5.11 Å². The molecule has 102 valence electrons. The summed E-state index contributed by atoms with van der Waals surface area (Å²) in [5.74, 6) is -1.31. The van der Waals surface area contributed by atoms with Crippen molar-refractivity contribution in [3.8, 4) is 0 Å². The highest BCUT2D eigenvalue weighted by Crippen LogP contribution is 2.33. The Morgan fingerprint density at radius 2 is 2.00 bits per heavy atom. The zero-order valence-electron chi connectivity index (χ0n) is 9.56. The minimum atomic E-state index is -4.70. The number of hydrogen-bond acceptors (Lipinski definition) is 3. The largest absolute Gasteiger partial charge is 0.478 e. The number of carboxylic acid groups (broad SMARTS) is 1. The fourth-order valence-corrected chi connectivity index (χ4v) is 1.30. The summed E-state index contributed by atoms with van der Waals surface area (Å²) in [7, 11) is 0. The van der Waals surface area contributed by atoms with Crippen LogP contribution in [0.5, 0.6) is 0 Å². The molecule has 1 N–H and O–H groups in total. The predicted octanol–water partition coefficient (Wildman–Crippen LogP) is 3.10. The number of rotatable bonds is 3. The average Bonchev–Trinajstić information content (AvgIpc) is 2.27. The monoisotopic (exact) mass is 275 g/mol. The average molecular weight is 275 g/mol. The van der Waals surface area contributed by atoms with E-state index in [1.807, 2.05) is 0 Å². The number of aliphatic carboxylic acids is 1. The van der Waals surface area contributed by atoms with Crippen LogP contribution < -0.4 is 0 Å². The summed E-state index contributed by atoms with van der Waals surface area (Å²) in [5.41, 5.74) is -2.37. The maximum Gasteiger partial charge on any atom is 0.416 e. The molecule has 0 radical (unpaired) electrons. The van der Waals surface area contributed by atoms with Gasteiger partial charge in [-0.05, 0) is 25.1 Å². The first-order valence-corrected chi connectivity index (χ1v) is 4.90. The van der Waals surface area contributed by atoms with Gasteiger partial charge in [-0.2, -0.15) is 13.2 Å². The highest BCUT2D eigenvalue weighted by atomic mass is 19.4. The molecule has 1 aromatic carbocycles. The van der Waals surface area contributed by atoms with Gasteiger partial charge in [-0.1, -0.05) is 0 Å². The number of nitro benzene ring substituents is 1. The van der Waals surface area contributed by atoms with Crippen LogP contribution in [0.4, 0.5) is 18.9 Å². The summed E-state index contributed by atoms with van der Waals surface area (Å²) in [4.78, 5) is 20.3. The molecule has 8 heteroatoms. The van der Waals surface area contributed by atoms with Gasteiger partial charge in [0.2, 0.25) is 0 Å². The minimum absolute atomic E-state index is 0.196. The lowest BCUT2D eigenvalue weighted by molar-refractivity contribution is -0.385. The highest BCUT2D eigenvalue weighted by Gasteiger charge is 2.32. The van der Waals surface area contributed by atoms with E-state index in [2.05, 4.69) is 0 Å². The zero-order valence-corrected chi connectivity index (χ0v) is 9.56. The van der Waals surface area contributed by atoms with E-state index >= 15 is 0 Å². The van der Waals surface area contributed by atoms with Crippen molar-refractivity contribution < 1.29 is 28.0 Å². The first-order valence-electron chi connectivity index (χ1n) is 4.90. The van der Waals surface area contributed by atoms with Crippen LogP contribution >= 0.6 is 0 Å². The van der Waals surface area contributed by atoms with Gasteiger partial charge in [0, 0.05) is 11.6 Å². The Labute approximate surface area is 105 Å². The van der Waals surface area contributed by atoms with Gasteiger partial charge >= 0.3 is 12.1 Å². The van der Waals surface area contributed by atoms with Gasteiger partial charge in [0.15, 0.2) is 0 Å². The second-order valence-corrected chi connectivity index (χ2v) is 3.66. The Bertz CT molecular complexity index is 564. The summed E-state index contributed by atoms with van der Waals surface area (Å²) < 4.78 is 37.3. The number of carboxylic acids is 1. The lowest BCUT2D eigenvalue weighted by Crippen LogP contribution is -2.06. The van der Waals surface area contributed by atoms with Crippen LogP contribution in [0.1, 0.15) is 18.1 Å². The lowest BCUT2D eigenvalue weighted by Gasteiger charge is -2.07. The van der Waals surface area contributed by atoms with Gasteiger partial charge in [0.25, 0.3) is 5.69 Å². The van der Waals surface area contributed by atoms with Crippen LogP contribution in [0.15, 0.2) is 23.8 Å².